The highest BCUT2D eigenvalue weighted by Gasteiger charge is 1.95. The van der Waals surface area contributed by atoms with Crippen molar-refractivity contribution in [2.24, 2.45) is 0 Å². The lowest BCUT2D eigenvalue weighted by molar-refractivity contribution is 0.0602. The van der Waals surface area contributed by atoms with E-state index in [1.54, 1.807) is 7.11 Å². The van der Waals surface area contributed by atoms with E-state index in [4.69, 9.17) is 9.47 Å². The molecule has 0 atom stereocenters. The summed E-state index contributed by atoms with van der Waals surface area (Å²) in [6.07, 6.45) is 1.87. The predicted octanol–water partition coefficient (Wildman–Crippen LogP) is 0.964. The lowest BCUT2D eigenvalue weighted by atomic mass is 10.2. The first-order chi connectivity index (χ1) is 7.36. The van der Waals surface area contributed by atoms with E-state index < -0.39 is 0 Å². The maximum absolute atomic E-state index is 5.36. The Balaban J connectivity index is 2.29. The smallest absolute Gasteiger partial charge is 0.0889 e. The zero-order chi connectivity index (χ0) is 10.9. The third-order valence-corrected chi connectivity index (χ3v) is 1.95. The molecule has 0 fully saturated rings. The lowest BCUT2D eigenvalue weighted by Crippen LogP contribution is -2.06. The van der Waals surface area contributed by atoms with Gasteiger partial charge >= 0.3 is 0 Å². The number of rotatable bonds is 7. The number of ether oxygens (including phenoxy) is 2. The van der Waals surface area contributed by atoms with Crippen molar-refractivity contribution in [2.75, 3.05) is 27.4 Å². The summed E-state index contributed by atoms with van der Waals surface area (Å²) in [4.78, 5) is 4.29. The molecule has 0 amide bonds. The third kappa shape index (κ3) is 4.88. The monoisotopic (exact) mass is 210 g/mol. The van der Waals surface area contributed by atoms with Crippen LogP contribution in [0.5, 0.6) is 0 Å². The van der Waals surface area contributed by atoms with Gasteiger partial charge in [0.15, 0.2) is 0 Å². The van der Waals surface area contributed by atoms with Crippen LogP contribution in [0.25, 0.3) is 0 Å². The Morgan fingerprint density at radius 3 is 2.80 bits per heavy atom. The maximum atomic E-state index is 5.36. The van der Waals surface area contributed by atoms with Crippen LogP contribution in [0.3, 0.4) is 0 Å². The van der Waals surface area contributed by atoms with Gasteiger partial charge in [-0.1, -0.05) is 6.07 Å². The van der Waals surface area contributed by atoms with E-state index in [1.807, 2.05) is 19.3 Å². The fourth-order valence-electron chi connectivity index (χ4n) is 1.17. The van der Waals surface area contributed by atoms with Gasteiger partial charge in [-0.05, 0) is 18.7 Å². The topological polar surface area (TPSA) is 43.4 Å². The first-order valence-electron chi connectivity index (χ1n) is 5.02. The molecule has 0 aromatic carbocycles. The highest BCUT2D eigenvalue weighted by atomic mass is 16.5. The van der Waals surface area contributed by atoms with Gasteiger partial charge in [-0.2, -0.15) is 0 Å². The molecule has 0 saturated heterocycles. The zero-order valence-corrected chi connectivity index (χ0v) is 9.32. The molecule has 0 aliphatic rings. The van der Waals surface area contributed by atoms with Crippen LogP contribution < -0.4 is 5.32 Å². The van der Waals surface area contributed by atoms with Gasteiger partial charge in [-0.25, -0.2) is 0 Å². The number of hydrogen-bond acceptors (Lipinski definition) is 4. The molecule has 4 nitrogen and oxygen atoms in total. The van der Waals surface area contributed by atoms with Gasteiger partial charge in [0.05, 0.1) is 25.5 Å². The summed E-state index contributed by atoms with van der Waals surface area (Å²) in [5.41, 5.74) is 2.13. The van der Waals surface area contributed by atoms with E-state index in [0.29, 0.717) is 19.8 Å². The zero-order valence-electron chi connectivity index (χ0n) is 9.32. The van der Waals surface area contributed by atoms with E-state index in [9.17, 15) is 0 Å². The van der Waals surface area contributed by atoms with Crippen LogP contribution in [0, 0.1) is 0 Å². The Morgan fingerprint density at radius 1 is 1.33 bits per heavy atom. The van der Waals surface area contributed by atoms with E-state index in [0.717, 1.165) is 12.2 Å². The molecule has 1 aromatic rings. The molecule has 0 radical (unpaired) electrons. The van der Waals surface area contributed by atoms with Gasteiger partial charge in [0.25, 0.3) is 0 Å². The van der Waals surface area contributed by atoms with Crippen molar-refractivity contribution in [3.8, 4) is 0 Å². The summed E-state index contributed by atoms with van der Waals surface area (Å²) < 4.78 is 10.2. The Morgan fingerprint density at radius 2 is 2.20 bits per heavy atom. The van der Waals surface area contributed by atoms with E-state index in [2.05, 4.69) is 16.4 Å². The van der Waals surface area contributed by atoms with Crippen LogP contribution in [-0.4, -0.2) is 32.4 Å². The van der Waals surface area contributed by atoms with Gasteiger partial charge in [-0.3, -0.25) is 4.98 Å². The minimum Gasteiger partial charge on any atom is -0.382 e. The molecule has 1 aromatic heterocycles. The molecule has 0 aliphatic heterocycles. The summed E-state index contributed by atoms with van der Waals surface area (Å²) in [6.45, 7) is 2.62. The molecule has 84 valence electrons. The van der Waals surface area contributed by atoms with Crippen LogP contribution >= 0.6 is 0 Å². The van der Waals surface area contributed by atoms with Crippen LogP contribution in [-0.2, 0) is 22.6 Å². The number of pyridine rings is 1. The molecular formula is C11H18N2O2. The molecule has 15 heavy (non-hydrogen) atoms. The Kier molecular flexibility index (Phi) is 5.92. The minimum atomic E-state index is 0.545. The molecule has 1 heterocycles. The van der Waals surface area contributed by atoms with Gasteiger partial charge in [0.1, 0.15) is 0 Å². The van der Waals surface area contributed by atoms with Crippen LogP contribution in [0.2, 0.25) is 0 Å². The summed E-state index contributed by atoms with van der Waals surface area (Å²) in [6, 6.07) is 4.04. The standard InChI is InChI=1S/C11H18N2O2/c1-12-7-10-3-4-11(13-8-10)9-15-6-5-14-2/h3-4,8,12H,5-7,9H2,1-2H3. The summed E-state index contributed by atoms with van der Waals surface area (Å²) in [5, 5.41) is 3.08. The molecule has 0 unspecified atom stereocenters. The van der Waals surface area contributed by atoms with Gasteiger partial charge in [-0.15, -0.1) is 0 Å². The Labute approximate surface area is 90.6 Å². The molecule has 4 heteroatoms. The first-order valence-corrected chi connectivity index (χ1v) is 5.02. The number of hydrogen-bond donors (Lipinski definition) is 1. The number of nitrogens with one attached hydrogen (secondary N) is 1. The second kappa shape index (κ2) is 7.34. The summed E-state index contributed by atoms with van der Waals surface area (Å²) in [7, 11) is 3.58. The SMILES string of the molecule is CNCc1ccc(COCCOC)nc1. The Hall–Kier alpha value is -0.970. The molecule has 0 spiro atoms. The van der Waals surface area contributed by atoms with E-state index >= 15 is 0 Å². The highest BCUT2D eigenvalue weighted by Crippen LogP contribution is 2.01. The predicted molar refractivity (Wildman–Crippen MR) is 58.5 cm³/mol. The minimum absolute atomic E-state index is 0.545. The molecule has 0 bridgehead atoms. The summed E-state index contributed by atoms with van der Waals surface area (Å²) in [5.74, 6) is 0. The largest absolute Gasteiger partial charge is 0.382 e. The van der Waals surface area contributed by atoms with Crippen molar-refractivity contribution in [3.05, 3.63) is 29.6 Å². The quantitative estimate of drug-likeness (QED) is 0.681. The van der Waals surface area contributed by atoms with Crippen molar-refractivity contribution >= 4 is 0 Å². The molecule has 0 aliphatic carbocycles. The second-order valence-corrected chi connectivity index (χ2v) is 3.23. The second-order valence-electron chi connectivity index (χ2n) is 3.23. The van der Waals surface area contributed by atoms with Crippen LogP contribution in [0.15, 0.2) is 18.3 Å². The van der Waals surface area contributed by atoms with E-state index in [1.165, 1.54) is 5.56 Å². The molecular weight excluding hydrogens is 192 g/mol. The fourth-order valence-corrected chi connectivity index (χ4v) is 1.17. The van der Waals surface area contributed by atoms with Gasteiger partial charge < -0.3 is 14.8 Å². The normalized spacial score (nSPS) is 10.5. The van der Waals surface area contributed by atoms with Crippen molar-refractivity contribution in [3.63, 3.8) is 0 Å². The highest BCUT2D eigenvalue weighted by molar-refractivity contribution is 5.13. The van der Waals surface area contributed by atoms with E-state index in [-0.39, 0.29) is 0 Å². The van der Waals surface area contributed by atoms with Gasteiger partial charge in [0.2, 0.25) is 0 Å². The summed E-state index contributed by atoms with van der Waals surface area (Å²) >= 11 is 0. The first kappa shape index (κ1) is 12.1. The fraction of sp³-hybridized carbons (Fsp3) is 0.545. The molecule has 1 rings (SSSR count). The average molecular weight is 210 g/mol. The number of methoxy groups -OCH3 is 1. The van der Waals surface area contributed by atoms with Crippen molar-refractivity contribution in [1.82, 2.24) is 10.3 Å². The van der Waals surface area contributed by atoms with Crippen molar-refractivity contribution < 1.29 is 9.47 Å². The Bertz CT molecular complexity index is 262. The maximum Gasteiger partial charge on any atom is 0.0889 e. The van der Waals surface area contributed by atoms with Gasteiger partial charge in [0, 0.05) is 19.9 Å². The third-order valence-electron chi connectivity index (χ3n) is 1.95. The number of aromatic nitrogens is 1. The molecule has 1 N–H and O–H groups in total. The van der Waals surface area contributed by atoms with Crippen molar-refractivity contribution in [1.29, 1.82) is 0 Å². The van der Waals surface area contributed by atoms with Crippen LogP contribution in [0.4, 0.5) is 0 Å². The van der Waals surface area contributed by atoms with Crippen molar-refractivity contribution in [2.45, 2.75) is 13.2 Å². The number of nitrogens with zero attached hydrogens (tertiary/aromatic N) is 1. The lowest BCUT2D eigenvalue weighted by Gasteiger charge is -2.04. The van der Waals surface area contributed by atoms with Crippen LogP contribution in [0.1, 0.15) is 11.3 Å². The molecule has 0 saturated carbocycles. The average Bonchev–Trinajstić information content (AvgIpc) is 2.27.